The summed E-state index contributed by atoms with van der Waals surface area (Å²) in [5.74, 6) is 1.71. The topological polar surface area (TPSA) is 66.5 Å². The van der Waals surface area contributed by atoms with Gasteiger partial charge in [0.25, 0.3) is 0 Å². The minimum atomic E-state index is 0.745. The van der Waals surface area contributed by atoms with Crippen LogP contribution in [0.2, 0.25) is 0 Å². The minimum Gasteiger partial charge on any atom is -0.371 e. The van der Waals surface area contributed by atoms with Crippen molar-refractivity contribution in [2.24, 2.45) is 0 Å². The van der Waals surface area contributed by atoms with Crippen LogP contribution in [0, 0.1) is 0 Å². The van der Waals surface area contributed by atoms with Crippen LogP contribution in [0.15, 0.2) is 6.33 Å². The second kappa shape index (κ2) is 5.61. The Labute approximate surface area is 101 Å². The number of imidazole rings is 1. The lowest BCUT2D eigenvalue weighted by molar-refractivity contribution is 0.653. The summed E-state index contributed by atoms with van der Waals surface area (Å²) in [6.07, 6.45) is 7.50. The number of H-pyrrole nitrogens is 1. The van der Waals surface area contributed by atoms with Gasteiger partial charge in [-0.15, -0.1) is 0 Å². The maximum atomic E-state index is 4.50. The fourth-order valence-corrected chi connectivity index (χ4v) is 1.88. The molecule has 2 aromatic heterocycles. The first kappa shape index (κ1) is 11.8. The van der Waals surface area contributed by atoms with Crippen molar-refractivity contribution < 1.29 is 0 Å². The highest BCUT2D eigenvalue weighted by molar-refractivity contribution is 5.82. The van der Waals surface area contributed by atoms with Crippen molar-refractivity contribution in [3.05, 3.63) is 12.2 Å². The lowest BCUT2D eigenvalue weighted by Gasteiger charge is -2.04. The number of nitrogens with zero attached hydrogens (tertiary/aromatic N) is 3. The zero-order chi connectivity index (χ0) is 12.1. The van der Waals surface area contributed by atoms with Gasteiger partial charge >= 0.3 is 0 Å². The van der Waals surface area contributed by atoms with E-state index in [9.17, 15) is 0 Å². The van der Waals surface area contributed by atoms with Crippen molar-refractivity contribution in [1.82, 2.24) is 19.9 Å². The van der Waals surface area contributed by atoms with Crippen molar-refractivity contribution in [3.63, 3.8) is 0 Å². The Balaban J connectivity index is 2.11. The van der Waals surface area contributed by atoms with Crippen LogP contribution >= 0.6 is 0 Å². The third kappa shape index (κ3) is 2.72. The van der Waals surface area contributed by atoms with E-state index in [1.165, 1.54) is 19.3 Å². The van der Waals surface area contributed by atoms with Crippen molar-refractivity contribution in [3.8, 4) is 0 Å². The van der Waals surface area contributed by atoms with Gasteiger partial charge in [0.05, 0.1) is 6.33 Å². The number of anilines is 1. The molecule has 0 aromatic carbocycles. The summed E-state index contributed by atoms with van der Waals surface area (Å²) < 4.78 is 0. The Kier molecular flexibility index (Phi) is 3.90. The minimum absolute atomic E-state index is 0.745. The molecule has 5 nitrogen and oxygen atoms in total. The summed E-state index contributed by atoms with van der Waals surface area (Å²) in [4.78, 5) is 16.2. The molecule has 17 heavy (non-hydrogen) atoms. The highest BCUT2D eigenvalue weighted by atomic mass is 15.1. The summed E-state index contributed by atoms with van der Waals surface area (Å²) in [5, 5.41) is 3.08. The maximum Gasteiger partial charge on any atom is 0.183 e. The molecule has 2 N–H and O–H groups in total. The molecule has 92 valence electrons. The van der Waals surface area contributed by atoms with E-state index in [0.29, 0.717) is 0 Å². The van der Waals surface area contributed by atoms with Gasteiger partial charge in [-0.3, -0.25) is 0 Å². The number of nitrogens with one attached hydrogen (secondary N) is 2. The number of hydrogen-bond acceptors (Lipinski definition) is 4. The molecular weight excluding hydrogens is 214 g/mol. The second-order valence-corrected chi connectivity index (χ2v) is 4.15. The molecule has 2 heterocycles. The summed E-state index contributed by atoms with van der Waals surface area (Å²) in [5.41, 5.74) is 1.62. The van der Waals surface area contributed by atoms with Gasteiger partial charge in [-0.25, -0.2) is 15.0 Å². The SMILES string of the molecule is CCCCCCc1nc(NC)c2[nH]cnc2n1. The summed E-state index contributed by atoms with van der Waals surface area (Å²) in [6.45, 7) is 2.21. The fourth-order valence-electron chi connectivity index (χ4n) is 1.88. The first-order valence-corrected chi connectivity index (χ1v) is 6.23. The molecule has 0 aliphatic heterocycles. The van der Waals surface area contributed by atoms with E-state index >= 15 is 0 Å². The van der Waals surface area contributed by atoms with E-state index in [0.717, 1.165) is 35.6 Å². The number of aromatic nitrogens is 4. The number of fused-ring (bicyclic) bond motifs is 1. The normalized spacial score (nSPS) is 10.9. The van der Waals surface area contributed by atoms with Crippen LogP contribution in [-0.4, -0.2) is 27.0 Å². The van der Waals surface area contributed by atoms with Crippen molar-refractivity contribution >= 4 is 17.0 Å². The van der Waals surface area contributed by atoms with Crippen LogP contribution in [-0.2, 0) is 6.42 Å². The highest BCUT2D eigenvalue weighted by Gasteiger charge is 2.08. The molecule has 2 rings (SSSR count). The van der Waals surface area contributed by atoms with E-state index in [-0.39, 0.29) is 0 Å². The third-order valence-electron chi connectivity index (χ3n) is 2.82. The van der Waals surface area contributed by atoms with E-state index in [4.69, 9.17) is 0 Å². The van der Waals surface area contributed by atoms with Gasteiger partial charge in [-0.1, -0.05) is 26.2 Å². The smallest absolute Gasteiger partial charge is 0.183 e. The average molecular weight is 233 g/mol. The Hall–Kier alpha value is -1.65. The molecule has 0 radical (unpaired) electrons. The van der Waals surface area contributed by atoms with Crippen molar-refractivity contribution in [1.29, 1.82) is 0 Å². The van der Waals surface area contributed by atoms with Crippen LogP contribution in [0.3, 0.4) is 0 Å². The molecule has 0 amide bonds. The number of aromatic amines is 1. The lowest BCUT2D eigenvalue weighted by Crippen LogP contribution is -2.01. The molecule has 0 spiro atoms. The number of aryl methyl sites for hydroxylation is 1. The molecular formula is C12H19N5. The van der Waals surface area contributed by atoms with Crippen molar-refractivity contribution in [2.45, 2.75) is 39.0 Å². The molecule has 0 saturated carbocycles. The molecule has 0 saturated heterocycles. The van der Waals surface area contributed by atoms with Crippen LogP contribution in [0.25, 0.3) is 11.2 Å². The Morgan fingerprint density at radius 2 is 2.12 bits per heavy atom. The summed E-state index contributed by atoms with van der Waals surface area (Å²) in [6, 6.07) is 0. The molecule has 2 aromatic rings. The molecule has 0 fully saturated rings. The van der Waals surface area contributed by atoms with E-state index in [2.05, 4.69) is 32.2 Å². The number of hydrogen-bond donors (Lipinski definition) is 2. The largest absolute Gasteiger partial charge is 0.371 e. The zero-order valence-corrected chi connectivity index (χ0v) is 10.5. The van der Waals surface area contributed by atoms with Crippen LogP contribution in [0.4, 0.5) is 5.82 Å². The van der Waals surface area contributed by atoms with Crippen LogP contribution in [0.1, 0.15) is 38.4 Å². The quantitative estimate of drug-likeness (QED) is 0.752. The number of rotatable bonds is 6. The van der Waals surface area contributed by atoms with Gasteiger partial charge in [-0.05, 0) is 6.42 Å². The average Bonchev–Trinajstić information content (AvgIpc) is 2.81. The van der Waals surface area contributed by atoms with E-state index in [1.54, 1.807) is 6.33 Å². The third-order valence-corrected chi connectivity index (χ3v) is 2.82. The molecule has 0 atom stereocenters. The van der Waals surface area contributed by atoms with Gasteiger partial charge in [-0.2, -0.15) is 0 Å². The predicted octanol–water partition coefficient (Wildman–Crippen LogP) is 2.52. The lowest BCUT2D eigenvalue weighted by atomic mass is 10.1. The maximum absolute atomic E-state index is 4.50. The molecule has 0 unspecified atom stereocenters. The van der Waals surface area contributed by atoms with Gasteiger partial charge in [0.1, 0.15) is 11.3 Å². The Morgan fingerprint density at radius 3 is 2.88 bits per heavy atom. The van der Waals surface area contributed by atoms with Crippen molar-refractivity contribution in [2.75, 3.05) is 12.4 Å². The Bertz CT molecular complexity index is 477. The summed E-state index contributed by atoms with van der Waals surface area (Å²) in [7, 11) is 1.86. The molecule has 5 heteroatoms. The van der Waals surface area contributed by atoms with E-state index < -0.39 is 0 Å². The molecule has 0 aliphatic rings. The molecule has 0 aliphatic carbocycles. The van der Waals surface area contributed by atoms with Crippen LogP contribution < -0.4 is 5.32 Å². The standard InChI is InChI=1S/C12H19N5/c1-3-4-5-6-7-9-16-11(13-2)10-12(17-9)15-8-14-10/h8H,3-7H2,1-2H3,(H2,13,14,15,16,17). The second-order valence-electron chi connectivity index (χ2n) is 4.15. The van der Waals surface area contributed by atoms with Gasteiger partial charge in [0.2, 0.25) is 0 Å². The molecule has 0 bridgehead atoms. The van der Waals surface area contributed by atoms with E-state index in [1.807, 2.05) is 7.05 Å². The number of unbranched alkanes of at least 4 members (excludes halogenated alkanes) is 3. The summed E-state index contributed by atoms with van der Waals surface area (Å²) >= 11 is 0. The zero-order valence-electron chi connectivity index (χ0n) is 10.5. The monoisotopic (exact) mass is 233 g/mol. The Morgan fingerprint density at radius 1 is 1.24 bits per heavy atom. The van der Waals surface area contributed by atoms with Gasteiger partial charge < -0.3 is 10.3 Å². The van der Waals surface area contributed by atoms with Crippen LogP contribution in [0.5, 0.6) is 0 Å². The first-order valence-electron chi connectivity index (χ1n) is 6.23. The highest BCUT2D eigenvalue weighted by Crippen LogP contribution is 2.16. The fraction of sp³-hybridized carbons (Fsp3) is 0.583. The first-order chi connectivity index (χ1) is 8.35. The predicted molar refractivity (Wildman–Crippen MR) is 69.1 cm³/mol. The van der Waals surface area contributed by atoms with Gasteiger partial charge in [0.15, 0.2) is 11.5 Å². The van der Waals surface area contributed by atoms with Gasteiger partial charge in [0, 0.05) is 13.5 Å².